The Morgan fingerprint density at radius 2 is 2.21 bits per heavy atom. The summed E-state index contributed by atoms with van der Waals surface area (Å²) in [6.07, 6.45) is -0.780. The van der Waals surface area contributed by atoms with Gasteiger partial charge in [-0.2, -0.15) is 0 Å². The van der Waals surface area contributed by atoms with E-state index in [-0.39, 0.29) is 6.54 Å². The SMILES string of the molecule is COc1cc(C)cc(Cl)c1C(O)CN. The normalized spacial score (nSPS) is 12.6. The van der Waals surface area contributed by atoms with Crippen LogP contribution >= 0.6 is 11.6 Å². The number of aliphatic hydroxyl groups excluding tert-OH is 1. The van der Waals surface area contributed by atoms with Crippen LogP contribution in [0.1, 0.15) is 17.2 Å². The minimum absolute atomic E-state index is 0.124. The molecular formula is C10H14ClNO2. The van der Waals surface area contributed by atoms with Crippen LogP contribution in [0.15, 0.2) is 12.1 Å². The van der Waals surface area contributed by atoms with Gasteiger partial charge in [0.15, 0.2) is 0 Å². The van der Waals surface area contributed by atoms with Crippen LogP contribution in [0.25, 0.3) is 0 Å². The lowest BCUT2D eigenvalue weighted by atomic mass is 10.1. The molecule has 0 spiro atoms. The molecule has 0 aliphatic heterocycles. The number of nitrogens with two attached hydrogens (primary N) is 1. The first-order valence-corrected chi connectivity index (χ1v) is 4.70. The predicted octanol–water partition coefficient (Wildman–Crippen LogP) is 1.65. The van der Waals surface area contributed by atoms with Crippen LogP contribution in [-0.4, -0.2) is 18.8 Å². The Morgan fingerprint density at radius 3 is 2.71 bits per heavy atom. The highest BCUT2D eigenvalue weighted by Crippen LogP contribution is 2.33. The fourth-order valence-electron chi connectivity index (χ4n) is 1.33. The molecule has 0 radical (unpaired) electrons. The molecule has 0 aliphatic carbocycles. The van der Waals surface area contributed by atoms with Crippen LogP contribution in [0.5, 0.6) is 5.75 Å². The maximum atomic E-state index is 9.62. The van der Waals surface area contributed by atoms with Crippen LogP contribution in [0.2, 0.25) is 5.02 Å². The van der Waals surface area contributed by atoms with Crippen molar-refractivity contribution in [3.63, 3.8) is 0 Å². The Morgan fingerprint density at radius 1 is 1.57 bits per heavy atom. The third kappa shape index (κ3) is 2.18. The number of aliphatic hydroxyl groups is 1. The molecule has 14 heavy (non-hydrogen) atoms. The van der Waals surface area contributed by atoms with Gasteiger partial charge in [-0.1, -0.05) is 11.6 Å². The monoisotopic (exact) mass is 215 g/mol. The second-order valence-corrected chi connectivity index (χ2v) is 3.52. The maximum Gasteiger partial charge on any atom is 0.126 e. The second kappa shape index (κ2) is 4.64. The number of hydrogen-bond acceptors (Lipinski definition) is 3. The smallest absolute Gasteiger partial charge is 0.126 e. The van der Waals surface area contributed by atoms with E-state index in [1.807, 2.05) is 13.0 Å². The summed E-state index contributed by atoms with van der Waals surface area (Å²) in [7, 11) is 1.54. The number of methoxy groups -OCH3 is 1. The molecule has 1 atom stereocenters. The minimum Gasteiger partial charge on any atom is -0.496 e. The van der Waals surface area contributed by atoms with Crippen molar-refractivity contribution in [1.82, 2.24) is 0 Å². The highest BCUT2D eigenvalue weighted by Gasteiger charge is 2.16. The predicted molar refractivity (Wildman–Crippen MR) is 56.8 cm³/mol. The van der Waals surface area contributed by atoms with Gasteiger partial charge in [0.25, 0.3) is 0 Å². The van der Waals surface area contributed by atoms with Gasteiger partial charge >= 0.3 is 0 Å². The highest BCUT2D eigenvalue weighted by atomic mass is 35.5. The molecule has 1 unspecified atom stereocenters. The molecule has 0 aliphatic rings. The van der Waals surface area contributed by atoms with Crippen molar-refractivity contribution in [3.8, 4) is 5.75 Å². The molecule has 0 saturated heterocycles. The van der Waals surface area contributed by atoms with E-state index < -0.39 is 6.10 Å². The molecule has 4 heteroatoms. The topological polar surface area (TPSA) is 55.5 Å². The van der Waals surface area contributed by atoms with Crippen LogP contribution < -0.4 is 10.5 Å². The zero-order valence-corrected chi connectivity index (χ0v) is 9.01. The van der Waals surface area contributed by atoms with Gasteiger partial charge in [-0.25, -0.2) is 0 Å². The molecule has 0 fully saturated rings. The molecule has 3 N–H and O–H groups in total. The van der Waals surface area contributed by atoms with Gasteiger partial charge in [0.05, 0.1) is 18.2 Å². The molecule has 0 saturated carbocycles. The van der Waals surface area contributed by atoms with Crippen molar-refractivity contribution in [2.75, 3.05) is 13.7 Å². The number of ether oxygens (including phenoxy) is 1. The minimum atomic E-state index is -0.780. The van der Waals surface area contributed by atoms with E-state index in [9.17, 15) is 5.11 Å². The number of rotatable bonds is 3. The zero-order chi connectivity index (χ0) is 10.7. The summed E-state index contributed by atoms with van der Waals surface area (Å²) in [5.74, 6) is 0.577. The average molecular weight is 216 g/mol. The zero-order valence-electron chi connectivity index (χ0n) is 8.25. The first kappa shape index (κ1) is 11.3. The van der Waals surface area contributed by atoms with E-state index in [4.69, 9.17) is 22.1 Å². The van der Waals surface area contributed by atoms with E-state index in [2.05, 4.69) is 0 Å². The van der Waals surface area contributed by atoms with Crippen LogP contribution in [0.4, 0.5) is 0 Å². The molecule has 3 nitrogen and oxygen atoms in total. The number of hydrogen-bond donors (Lipinski definition) is 2. The van der Waals surface area contributed by atoms with E-state index in [1.54, 1.807) is 6.07 Å². The first-order chi connectivity index (χ1) is 6.60. The average Bonchev–Trinajstić information content (AvgIpc) is 2.15. The molecule has 78 valence electrons. The summed E-state index contributed by atoms with van der Waals surface area (Å²) in [5.41, 5.74) is 6.91. The van der Waals surface area contributed by atoms with Gasteiger partial charge in [0.2, 0.25) is 0 Å². The summed E-state index contributed by atoms with van der Waals surface area (Å²) in [5, 5.41) is 10.1. The van der Waals surface area contributed by atoms with E-state index in [0.717, 1.165) is 5.56 Å². The summed E-state index contributed by atoms with van der Waals surface area (Å²) in [6.45, 7) is 2.03. The summed E-state index contributed by atoms with van der Waals surface area (Å²) in [4.78, 5) is 0. The van der Waals surface area contributed by atoms with Gasteiger partial charge in [-0.15, -0.1) is 0 Å². The van der Waals surface area contributed by atoms with Crippen LogP contribution in [0.3, 0.4) is 0 Å². The molecule has 0 heterocycles. The molecule has 0 bridgehead atoms. The van der Waals surface area contributed by atoms with Crippen molar-refractivity contribution in [3.05, 3.63) is 28.3 Å². The number of aryl methyl sites for hydroxylation is 1. The summed E-state index contributed by atoms with van der Waals surface area (Å²) in [6, 6.07) is 3.60. The van der Waals surface area contributed by atoms with Gasteiger partial charge in [0, 0.05) is 12.1 Å². The van der Waals surface area contributed by atoms with Gasteiger partial charge in [-0.3, -0.25) is 0 Å². The largest absolute Gasteiger partial charge is 0.496 e. The maximum absolute atomic E-state index is 9.62. The number of benzene rings is 1. The lowest BCUT2D eigenvalue weighted by Crippen LogP contribution is -2.13. The third-order valence-electron chi connectivity index (χ3n) is 2.01. The number of halogens is 1. The molecule has 1 aromatic rings. The van der Waals surface area contributed by atoms with Crippen molar-refractivity contribution in [2.45, 2.75) is 13.0 Å². The molecule has 1 rings (SSSR count). The lowest BCUT2D eigenvalue weighted by Gasteiger charge is -2.15. The molecule has 1 aromatic carbocycles. The van der Waals surface area contributed by atoms with E-state index in [1.165, 1.54) is 7.11 Å². The van der Waals surface area contributed by atoms with E-state index >= 15 is 0 Å². The fourth-order valence-corrected chi connectivity index (χ4v) is 1.72. The summed E-state index contributed by atoms with van der Waals surface area (Å²) < 4.78 is 5.13. The second-order valence-electron chi connectivity index (χ2n) is 3.11. The van der Waals surface area contributed by atoms with Gasteiger partial charge in [-0.05, 0) is 24.6 Å². The van der Waals surface area contributed by atoms with Gasteiger partial charge < -0.3 is 15.6 Å². The standard InChI is InChI=1S/C10H14ClNO2/c1-6-3-7(11)10(8(13)5-12)9(4-6)14-2/h3-4,8,13H,5,12H2,1-2H3. The molecule has 0 amide bonds. The molecular weight excluding hydrogens is 202 g/mol. The Hall–Kier alpha value is -0.770. The van der Waals surface area contributed by atoms with Crippen molar-refractivity contribution >= 4 is 11.6 Å². The highest BCUT2D eigenvalue weighted by molar-refractivity contribution is 6.31. The molecule has 0 aromatic heterocycles. The van der Waals surface area contributed by atoms with E-state index in [0.29, 0.717) is 16.3 Å². The van der Waals surface area contributed by atoms with Crippen molar-refractivity contribution < 1.29 is 9.84 Å². The Kier molecular flexibility index (Phi) is 3.75. The van der Waals surface area contributed by atoms with Crippen LogP contribution in [-0.2, 0) is 0 Å². The Bertz CT molecular complexity index is 328. The van der Waals surface area contributed by atoms with Gasteiger partial charge in [0.1, 0.15) is 5.75 Å². The quantitative estimate of drug-likeness (QED) is 0.806. The third-order valence-corrected chi connectivity index (χ3v) is 2.33. The van der Waals surface area contributed by atoms with Crippen LogP contribution in [0, 0.1) is 6.92 Å². The fraction of sp³-hybridized carbons (Fsp3) is 0.400. The Labute approximate surface area is 88.4 Å². The van der Waals surface area contributed by atoms with Crippen molar-refractivity contribution in [1.29, 1.82) is 0 Å². The summed E-state index contributed by atoms with van der Waals surface area (Å²) >= 11 is 5.99. The van der Waals surface area contributed by atoms with Crippen molar-refractivity contribution in [2.24, 2.45) is 5.73 Å². The Balaban J connectivity index is 3.24. The lowest BCUT2D eigenvalue weighted by molar-refractivity contribution is 0.182. The first-order valence-electron chi connectivity index (χ1n) is 4.32.